The molecule has 0 N–H and O–H groups in total. The predicted molar refractivity (Wildman–Crippen MR) is 62.0 cm³/mol. The number of rotatable bonds is 3. The number of hydrogen-bond acceptors (Lipinski definition) is 5. The lowest BCUT2D eigenvalue weighted by Crippen LogP contribution is -2.58. The summed E-state index contributed by atoms with van der Waals surface area (Å²) in [6.45, 7) is 1.74. The average molecular weight is 250 g/mol. The van der Waals surface area contributed by atoms with Crippen molar-refractivity contribution in [2.24, 2.45) is 0 Å². The van der Waals surface area contributed by atoms with Crippen molar-refractivity contribution in [3.63, 3.8) is 0 Å². The third-order valence-electron chi connectivity index (χ3n) is 2.81. The molecule has 2 rings (SSSR count). The normalized spacial score (nSPS) is 26.0. The minimum atomic E-state index is -0.822. The van der Waals surface area contributed by atoms with Gasteiger partial charge in [-0.1, -0.05) is 18.2 Å². The summed E-state index contributed by atoms with van der Waals surface area (Å²) in [5, 5.41) is 0. The molecule has 0 aromatic heterocycles. The highest BCUT2D eigenvalue weighted by Gasteiger charge is 2.48. The van der Waals surface area contributed by atoms with Crippen LogP contribution in [0.15, 0.2) is 30.3 Å². The van der Waals surface area contributed by atoms with Gasteiger partial charge >= 0.3 is 11.9 Å². The van der Waals surface area contributed by atoms with E-state index in [2.05, 4.69) is 4.74 Å². The van der Waals surface area contributed by atoms with E-state index in [-0.39, 0.29) is 6.10 Å². The lowest BCUT2D eigenvalue weighted by Gasteiger charge is -2.39. The molecular weight excluding hydrogens is 236 g/mol. The molecule has 5 nitrogen and oxygen atoms in total. The van der Waals surface area contributed by atoms with Crippen LogP contribution in [0.4, 0.5) is 0 Å². The summed E-state index contributed by atoms with van der Waals surface area (Å²) in [4.78, 5) is 23.1. The Hall–Kier alpha value is -1.88. The minimum Gasteiger partial charge on any atom is -0.467 e. The highest BCUT2D eigenvalue weighted by molar-refractivity contribution is 5.90. The molecule has 96 valence electrons. The summed E-state index contributed by atoms with van der Waals surface area (Å²) in [5.41, 5.74) is 0.445. The lowest BCUT2D eigenvalue weighted by atomic mass is 10.0. The fourth-order valence-corrected chi connectivity index (χ4v) is 1.77. The van der Waals surface area contributed by atoms with Crippen LogP contribution in [0.3, 0.4) is 0 Å². The van der Waals surface area contributed by atoms with Gasteiger partial charge in [0.05, 0.1) is 18.8 Å². The molecule has 0 radical (unpaired) electrons. The number of benzene rings is 1. The smallest absolute Gasteiger partial charge is 0.339 e. The number of carbonyl (C=O) groups excluding carboxylic acids is 2. The van der Waals surface area contributed by atoms with Crippen molar-refractivity contribution >= 4 is 11.9 Å². The van der Waals surface area contributed by atoms with Crippen molar-refractivity contribution in [3.05, 3.63) is 35.9 Å². The molecule has 3 atom stereocenters. The molecule has 0 aliphatic carbocycles. The Balaban J connectivity index is 2.00. The molecule has 1 aliphatic rings. The van der Waals surface area contributed by atoms with Crippen molar-refractivity contribution < 1.29 is 23.8 Å². The Morgan fingerprint density at radius 3 is 2.44 bits per heavy atom. The molecule has 0 amide bonds. The van der Waals surface area contributed by atoms with E-state index in [0.29, 0.717) is 5.56 Å². The summed E-state index contributed by atoms with van der Waals surface area (Å²) in [7, 11) is 1.27. The maximum atomic E-state index is 11.8. The number of ether oxygens (including phenoxy) is 3. The third-order valence-corrected chi connectivity index (χ3v) is 2.81. The fourth-order valence-electron chi connectivity index (χ4n) is 1.77. The molecule has 0 bridgehead atoms. The molecule has 5 heteroatoms. The number of methoxy groups -OCH3 is 1. The Labute approximate surface area is 105 Å². The number of esters is 2. The minimum absolute atomic E-state index is 0.304. The van der Waals surface area contributed by atoms with Gasteiger partial charge in [0.2, 0.25) is 0 Å². The summed E-state index contributed by atoms with van der Waals surface area (Å²) in [5.74, 6) is -0.997. The Morgan fingerprint density at radius 1 is 1.22 bits per heavy atom. The molecule has 1 saturated heterocycles. The van der Waals surface area contributed by atoms with Gasteiger partial charge in [0.1, 0.15) is 0 Å². The van der Waals surface area contributed by atoms with E-state index in [1.165, 1.54) is 7.11 Å². The molecule has 1 aliphatic heterocycles. The number of hydrogen-bond donors (Lipinski definition) is 0. The summed E-state index contributed by atoms with van der Waals surface area (Å²) in [6.07, 6.45) is -1.72. The molecule has 1 aromatic carbocycles. The van der Waals surface area contributed by atoms with Crippen molar-refractivity contribution in [3.8, 4) is 0 Å². The van der Waals surface area contributed by atoms with Crippen LogP contribution in [0, 0.1) is 0 Å². The van der Waals surface area contributed by atoms with Gasteiger partial charge in [-0.25, -0.2) is 9.59 Å². The first kappa shape index (κ1) is 12.6. The van der Waals surface area contributed by atoms with E-state index in [4.69, 9.17) is 9.47 Å². The Morgan fingerprint density at radius 2 is 1.89 bits per heavy atom. The summed E-state index contributed by atoms with van der Waals surface area (Å²) in [6, 6.07) is 8.60. The fraction of sp³-hybridized carbons (Fsp3) is 0.385. The highest BCUT2D eigenvalue weighted by atomic mass is 16.6. The summed E-state index contributed by atoms with van der Waals surface area (Å²) < 4.78 is 15.0. The molecular formula is C13H14O5. The first-order chi connectivity index (χ1) is 8.63. The van der Waals surface area contributed by atoms with Crippen LogP contribution in [-0.2, 0) is 19.0 Å². The van der Waals surface area contributed by atoms with E-state index in [0.717, 1.165) is 0 Å². The van der Waals surface area contributed by atoms with Crippen LogP contribution >= 0.6 is 0 Å². The second-order valence-electron chi connectivity index (χ2n) is 4.02. The monoisotopic (exact) mass is 250 g/mol. The maximum absolute atomic E-state index is 11.8. The van der Waals surface area contributed by atoms with Crippen LogP contribution in [0.1, 0.15) is 17.3 Å². The number of carbonyl (C=O) groups is 2. The molecule has 0 saturated carbocycles. The van der Waals surface area contributed by atoms with Crippen LogP contribution in [0.5, 0.6) is 0 Å². The molecule has 1 fully saturated rings. The van der Waals surface area contributed by atoms with E-state index in [1.54, 1.807) is 31.2 Å². The van der Waals surface area contributed by atoms with Crippen LogP contribution in [0.25, 0.3) is 0 Å². The standard InChI is InChI=1S/C13H14O5/c1-8-10(11(17-8)13(15)16-2)18-12(14)9-6-4-3-5-7-9/h3-8,10-11H,1-2H3/t8-,10+,11+/m1/s1. The SMILES string of the molecule is COC(=O)[C@H]1O[C@H](C)[C@@H]1OC(=O)c1ccccc1. The quantitative estimate of drug-likeness (QED) is 0.754. The maximum Gasteiger partial charge on any atom is 0.339 e. The Bertz CT molecular complexity index is 442. The van der Waals surface area contributed by atoms with Gasteiger partial charge in [-0.15, -0.1) is 0 Å². The molecule has 0 spiro atoms. The van der Waals surface area contributed by atoms with Gasteiger partial charge in [0.15, 0.2) is 12.2 Å². The van der Waals surface area contributed by atoms with E-state index < -0.39 is 24.1 Å². The third kappa shape index (κ3) is 2.36. The van der Waals surface area contributed by atoms with Crippen molar-refractivity contribution in [1.82, 2.24) is 0 Å². The van der Waals surface area contributed by atoms with Gasteiger partial charge < -0.3 is 14.2 Å². The van der Waals surface area contributed by atoms with Gasteiger partial charge in [0.25, 0.3) is 0 Å². The van der Waals surface area contributed by atoms with Crippen LogP contribution in [-0.4, -0.2) is 37.4 Å². The van der Waals surface area contributed by atoms with E-state index in [1.807, 2.05) is 6.07 Å². The van der Waals surface area contributed by atoms with Gasteiger partial charge in [0, 0.05) is 0 Å². The molecule has 0 unspecified atom stereocenters. The van der Waals surface area contributed by atoms with Crippen molar-refractivity contribution in [2.45, 2.75) is 25.2 Å². The lowest BCUT2D eigenvalue weighted by molar-refractivity contribution is -0.225. The topological polar surface area (TPSA) is 61.8 Å². The van der Waals surface area contributed by atoms with Crippen LogP contribution in [0.2, 0.25) is 0 Å². The first-order valence-corrected chi connectivity index (χ1v) is 5.63. The van der Waals surface area contributed by atoms with E-state index >= 15 is 0 Å². The molecule has 18 heavy (non-hydrogen) atoms. The predicted octanol–water partition coefficient (Wildman–Crippen LogP) is 1.17. The van der Waals surface area contributed by atoms with Crippen molar-refractivity contribution in [2.75, 3.05) is 7.11 Å². The van der Waals surface area contributed by atoms with E-state index in [9.17, 15) is 9.59 Å². The molecule has 1 heterocycles. The summed E-state index contributed by atoms with van der Waals surface area (Å²) >= 11 is 0. The zero-order chi connectivity index (χ0) is 13.1. The zero-order valence-electron chi connectivity index (χ0n) is 10.2. The van der Waals surface area contributed by atoms with Crippen molar-refractivity contribution in [1.29, 1.82) is 0 Å². The molecule has 1 aromatic rings. The second-order valence-corrected chi connectivity index (χ2v) is 4.02. The van der Waals surface area contributed by atoms with Gasteiger partial charge in [-0.05, 0) is 19.1 Å². The largest absolute Gasteiger partial charge is 0.467 e. The zero-order valence-corrected chi connectivity index (χ0v) is 10.2. The van der Waals surface area contributed by atoms with Gasteiger partial charge in [-0.2, -0.15) is 0 Å². The first-order valence-electron chi connectivity index (χ1n) is 5.63. The Kier molecular flexibility index (Phi) is 3.62. The highest BCUT2D eigenvalue weighted by Crippen LogP contribution is 2.26. The van der Waals surface area contributed by atoms with Gasteiger partial charge in [-0.3, -0.25) is 0 Å². The van der Waals surface area contributed by atoms with Crippen LogP contribution < -0.4 is 0 Å². The second kappa shape index (κ2) is 5.18. The average Bonchev–Trinajstić information content (AvgIpc) is 2.42.